The number of carbonyl (C=O) groups is 1. The Kier molecular flexibility index (Phi) is 3.09. The van der Waals surface area contributed by atoms with Crippen LogP contribution in [0.4, 0.5) is 0 Å². The predicted octanol–water partition coefficient (Wildman–Crippen LogP) is 3.51. The fraction of sp³-hybridized carbons (Fsp3) is 0.556. The van der Waals surface area contributed by atoms with Crippen molar-refractivity contribution in [1.82, 2.24) is 9.55 Å². The van der Waals surface area contributed by atoms with E-state index in [4.69, 9.17) is 0 Å². The van der Waals surface area contributed by atoms with Crippen molar-refractivity contribution in [2.24, 2.45) is 24.8 Å². The van der Waals surface area contributed by atoms with Gasteiger partial charge in [0.15, 0.2) is 0 Å². The molecule has 3 nitrogen and oxygen atoms in total. The molecule has 1 aromatic carbocycles. The third kappa shape index (κ3) is 2.29. The molecule has 3 atom stereocenters. The van der Waals surface area contributed by atoms with E-state index >= 15 is 0 Å². The monoisotopic (exact) mass is 282 g/mol. The molecule has 0 amide bonds. The van der Waals surface area contributed by atoms with Crippen molar-refractivity contribution in [3.63, 3.8) is 0 Å². The Morgan fingerprint density at radius 1 is 1.29 bits per heavy atom. The van der Waals surface area contributed by atoms with Crippen molar-refractivity contribution < 1.29 is 4.79 Å². The van der Waals surface area contributed by atoms with Gasteiger partial charge in [-0.15, -0.1) is 0 Å². The fourth-order valence-corrected chi connectivity index (χ4v) is 4.52. The van der Waals surface area contributed by atoms with E-state index in [2.05, 4.69) is 15.6 Å². The van der Waals surface area contributed by atoms with E-state index < -0.39 is 0 Å². The minimum atomic E-state index is 0.367. The number of para-hydroxylation sites is 2. The molecule has 0 aliphatic heterocycles. The van der Waals surface area contributed by atoms with Crippen LogP contribution in [0.3, 0.4) is 0 Å². The number of Topliss-reactive ketones (excluding diaryl/α,β-unsaturated/α-hetero) is 1. The Labute approximate surface area is 125 Å². The molecule has 2 aliphatic rings. The smallest absolute Gasteiger partial charge is 0.140 e. The van der Waals surface area contributed by atoms with Crippen LogP contribution in [0.25, 0.3) is 11.0 Å². The zero-order chi connectivity index (χ0) is 14.4. The summed E-state index contributed by atoms with van der Waals surface area (Å²) in [5.74, 6) is 3.68. The van der Waals surface area contributed by atoms with Crippen molar-refractivity contribution >= 4 is 16.8 Å². The molecule has 0 spiro atoms. The lowest BCUT2D eigenvalue weighted by atomic mass is 9.85. The first-order valence-corrected chi connectivity index (χ1v) is 8.12. The minimum Gasteiger partial charge on any atom is -0.331 e. The molecule has 110 valence electrons. The van der Waals surface area contributed by atoms with Gasteiger partial charge in [0, 0.05) is 13.5 Å². The van der Waals surface area contributed by atoms with Crippen LogP contribution in [0.15, 0.2) is 24.3 Å². The highest BCUT2D eigenvalue weighted by molar-refractivity contribution is 5.82. The van der Waals surface area contributed by atoms with Gasteiger partial charge < -0.3 is 4.57 Å². The number of hydrogen-bond acceptors (Lipinski definition) is 2. The van der Waals surface area contributed by atoms with Gasteiger partial charge in [-0.2, -0.15) is 0 Å². The van der Waals surface area contributed by atoms with Gasteiger partial charge in [-0.3, -0.25) is 4.79 Å². The quantitative estimate of drug-likeness (QED) is 0.860. The second-order valence-electron chi connectivity index (χ2n) is 6.93. The minimum absolute atomic E-state index is 0.367. The molecular formula is C18H22N2O. The van der Waals surface area contributed by atoms with Crippen molar-refractivity contribution in [1.29, 1.82) is 0 Å². The van der Waals surface area contributed by atoms with Crippen molar-refractivity contribution in [2.45, 2.75) is 38.5 Å². The molecule has 3 heteroatoms. The van der Waals surface area contributed by atoms with Crippen molar-refractivity contribution in [2.75, 3.05) is 0 Å². The SMILES string of the molecule is Cn1c(CC(=O)CC2CC3CCC2C3)nc2ccccc21. The van der Waals surface area contributed by atoms with E-state index in [1.807, 2.05) is 25.2 Å². The van der Waals surface area contributed by atoms with Gasteiger partial charge in [0.2, 0.25) is 0 Å². The van der Waals surface area contributed by atoms with Gasteiger partial charge in [0.05, 0.1) is 17.5 Å². The first kappa shape index (κ1) is 13.1. The summed E-state index contributed by atoms with van der Waals surface area (Å²) in [5, 5.41) is 0. The summed E-state index contributed by atoms with van der Waals surface area (Å²) < 4.78 is 2.06. The van der Waals surface area contributed by atoms with Gasteiger partial charge in [0.1, 0.15) is 11.6 Å². The standard InChI is InChI=1S/C18H22N2O/c1-20-17-5-3-2-4-16(17)19-18(20)11-15(21)10-14-9-12-6-7-13(14)8-12/h2-5,12-14H,6-11H2,1H3. The number of rotatable bonds is 4. The lowest BCUT2D eigenvalue weighted by Gasteiger charge is -2.20. The molecule has 1 aromatic heterocycles. The fourth-order valence-electron chi connectivity index (χ4n) is 4.52. The van der Waals surface area contributed by atoms with Crippen LogP contribution in [0.5, 0.6) is 0 Å². The lowest BCUT2D eigenvalue weighted by molar-refractivity contribution is -0.119. The summed E-state index contributed by atoms with van der Waals surface area (Å²) >= 11 is 0. The van der Waals surface area contributed by atoms with Crippen LogP contribution in [0.2, 0.25) is 0 Å². The highest BCUT2D eigenvalue weighted by Gasteiger charge is 2.40. The highest BCUT2D eigenvalue weighted by atomic mass is 16.1. The molecule has 2 saturated carbocycles. The maximum Gasteiger partial charge on any atom is 0.140 e. The second kappa shape index (κ2) is 4.97. The van der Waals surface area contributed by atoms with Gasteiger partial charge in [-0.1, -0.05) is 18.6 Å². The number of benzene rings is 1. The molecular weight excluding hydrogens is 260 g/mol. The first-order chi connectivity index (χ1) is 10.2. The molecule has 2 fully saturated rings. The molecule has 4 rings (SSSR count). The van der Waals surface area contributed by atoms with Gasteiger partial charge in [-0.05, 0) is 49.1 Å². The summed E-state index contributed by atoms with van der Waals surface area (Å²) in [7, 11) is 2.01. The molecule has 21 heavy (non-hydrogen) atoms. The zero-order valence-corrected chi connectivity index (χ0v) is 12.6. The number of imidazole rings is 1. The van der Waals surface area contributed by atoms with Crippen molar-refractivity contribution in [3.05, 3.63) is 30.1 Å². The van der Waals surface area contributed by atoms with E-state index in [0.29, 0.717) is 18.1 Å². The Morgan fingerprint density at radius 3 is 2.86 bits per heavy atom. The van der Waals surface area contributed by atoms with Crippen molar-refractivity contribution in [3.8, 4) is 0 Å². The Hall–Kier alpha value is -1.64. The van der Waals surface area contributed by atoms with Gasteiger partial charge >= 0.3 is 0 Å². The molecule has 2 aromatic rings. The predicted molar refractivity (Wildman–Crippen MR) is 83.0 cm³/mol. The van der Waals surface area contributed by atoms with Crippen LogP contribution < -0.4 is 0 Å². The van der Waals surface area contributed by atoms with E-state index in [0.717, 1.165) is 35.1 Å². The summed E-state index contributed by atoms with van der Waals surface area (Å²) in [6.07, 6.45) is 6.68. The van der Waals surface area contributed by atoms with Gasteiger partial charge in [0.25, 0.3) is 0 Å². The summed E-state index contributed by atoms with van der Waals surface area (Å²) in [5.41, 5.74) is 2.10. The molecule has 3 unspecified atom stereocenters. The van der Waals surface area contributed by atoms with Gasteiger partial charge in [-0.25, -0.2) is 4.98 Å². The van der Waals surface area contributed by atoms with Crippen LogP contribution in [-0.4, -0.2) is 15.3 Å². The zero-order valence-electron chi connectivity index (χ0n) is 12.6. The number of nitrogens with zero attached hydrogens (tertiary/aromatic N) is 2. The number of fused-ring (bicyclic) bond motifs is 3. The molecule has 0 N–H and O–H groups in total. The first-order valence-electron chi connectivity index (χ1n) is 8.12. The number of aromatic nitrogens is 2. The lowest BCUT2D eigenvalue weighted by Crippen LogP contribution is -2.17. The highest BCUT2D eigenvalue weighted by Crippen LogP contribution is 2.49. The molecule has 0 radical (unpaired) electrons. The van der Waals surface area contributed by atoms with Crippen LogP contribution in [0, 0.1) is 17.8 Å². The third-order valence-corrected chi connectivity index (χ3v) is 5.61. The summed E-state index contributed by atoms with van der Waals surface area (Å²) in [6.45, 7) is 0. The summed E-state index contributed by atoms with van der Waals surface area (Å²) in [6, 6.07) is 8.09. The molecule has 2 aliphatic carbocycles. The molecule has 2 bridgehead atoms. The van der Waals surface area contributed by atoms with E-state index in [9.17, 15) is 4.79 Å². The Balaban J connectivity index is 1.47. The molecule has 1 heterocycles. The Morgan fingerprint density at radius 2 is 2.14 bits per heavy atom. The van der Waals surface area contributed by atoms with E-state index in [1.54, 1.807) is 0 Å². The van der Waals surface area contributed by atoms with Crippen LogP contribution in [0.1, 0.15) is 37.9 Å². The average molecular weight is 282 g/mol. The van der Waals surface area contributed by atoms with E-state index in [-0.39, 0.29) is 0 Å². The van der Waals surface area contributed by atoms with Crippen LogP contribution in [-0.2, 0) is 18.3 Å². The number of aryl methyl sites for hydroxylation is 1. The van der Waals surface area contributed by atoms with E-state index in [1.165, 1.54) is 25.7 Å². The maximum absolute atomic E-state index is 12.4. The number of hydrogen-bond donors (Lipinski definition) is 0. The molecule has 0 saturated heterocycles. The topological polar surface area (TPSA) is 34.9 Å². The second-order valence-corrected chi connectivity index (χ2v) is 6.93. The normalized spacial score (nSPS) is 27.6. The maximum atomic E-state index is 12.4. The number of ketones is 1. The summed E-state index contributed by atoms with van der Waals surface area (Å²) in [4.78, 5) is 17.0. The third-order valence-electron chi connectivity index (χ3n) is 5.61. The largest absolute Gasteiger partial charge is 0.331 e. The Bertz CT molecular complexity index is 688. The van der Waals surface area contributed by atoms with Crippen LogP contribution >= 0.6 is 0 Å². The average Bonchev–Trinajstić information content (AvgIpc) is 3.15. The number of carbonyl (C=O) groups excluding carboxylic acids is 1.